The number of benzene rings is 1. The van der Waals surface area contributed by atoms with E-state index in [0.717, 1.165) is 66.6 Å². The number of thiophene rings is 1. The van der Waals surface area contributed by atoms with Gasteiger partial charge in [0.05, 0.1) is 22.9 Å². The van der Waals surface area contributed by atoms with Crippen LogP contribution in [-0.2, 0) is 22.4 Å². The highest BCUT2D eigenvalue weighted by Gasteiger charge is 2.23. The molecule has 0 saturated carbocycles. The number of carbonyl (C=O) groups is 1. The molecule has 1 fully saturated rings. The second-order valence-electron chi connectivity index (χ2n) is 8.79. The number of fused-ring (bicyclic) bond motifs is 3. The monoisotopic (exact) mass is 483 g/mol. The first kappa shape index (κ1) is 22.6. The van der Waals surface area contributed by atoms with Gasteiger partial charge in [0, 0.05) is 18.0 Å². The van der Waals surface area contributed by atoms with Gasteiger partial charge in [0.1, 0.15) is 4.83 Å². The van der Waals surface area contributed by atoms with E-state index in [9.17, 15) is 9.59 Å². The minimum Gasteiger partial charge on any atom is -0.376 e. The Labute approximate surface area is 201 Å². The lowest BCUT2D eigenvalue weighted by Crippen LogP contribution is -2.33. The summed E-state index contributed by atoms with van der Waals surface area (Å²) in [4.78, 5) is 33.5. The first-order valence-corrected chi connectivity index (χ1v) is 13.6. The molecule has 5 rings (SSSR count). The summed E-state index contributed by atoms with van der Waals surface area (Å²) in [5.41, 5.74) is 3.01. The summed E-state index contributed by atoms with van der Waals surface area (Å²) in [5, 5.41) is 4.31. The van der Waals surface area contributed by atoms with Gasteiger partial charge >= 0.3 is 0 Å². The van der Waals surface area contributed by atoms with Crippen LogP contribution in [0.2, 0.25) is 0 Å². The summed E-state index contributed by atoms with van der Waals surface area (Å²) in [6.07, 6.45) is 7.60. The van der Waals surface area contributed by atoms with Crippen LogP contribution in [0.1, 0.15) is 48.1 Å². The quantitative estimate of drug-likeness (QED) is 0.319. The van der Waals surface area contributed by atoms with E-state index in [1.54, 1.807) is 15.9 Å². The summed E-state index contributed by atoms with van der Waals surface area (Å²) in [6, 6.07) is 7.87. The van der Waals surface area contributed by atoms with Crippen LogP contribution >= 0.6 is 23.1 Å². The molecule has 1 aromatic carbocycles. The van der Waals surface area contributed by atoms with Crippen molar-refractivity contribution < 1.29 is 9.53 Å². The number of aryl methyl sites for hydroxylation is 3. The van der Waals surface area contributed by atoms with Crippen LogP contribution in [0.15, 0.2) is 34.2 Å². The van der Waals surface area contributed by atoms with Gasteiger partial charge in [0.25, 0.3) is 5.56 Å². The molecule has 6 nitrogen and oxygen atoms in total. The zero-order chi connectivity index (χ0) is 22.8. The average Bonchev–Trinajstić information content (AvgIpc) is 3.39. The van der Waals surface area contributed by atoms with Crippen LogP contribution in [0.25, 0.3) is 15.9 Å². The Kier molecular flexibility index (Phi) is 6.85. The normalized spacial score (nSPS) is 18.3. The molecule has 174 valence electrons. The van der Waals surface area contributed by atoms with Crippen molar-refractivity contribution in [3.63, 3.8) is 0 Å². The fourth-order valence-corrected chi connectivity index (χ4v) is 6.84. The molecule has 33 heavy (non-hydrogen) atoms. The molecule has 1 saturated heterocycles. The Morgan fingerprint density at radius 2 is 2.09 bits per heavy atom. The average molecular weight is 484 g/mol. The SMILES string of the molecule is Cc1ccccc1-n1c(SCC(=O)NCC2CCCO2)nc2sc3c(c2c1=O)CCCCC3. The molecule has 1 N–H and O–H groups in total. The van der Waals surface area contributed by atoms with Crippen LogP contribution in [0.3, 0.4) is 0 Å². The van der Waals surface area contributed by atoms with Crippen LogP contribution in [0, 0.1) is 6.92 Å². The maximum absolute atomic E-state index is 13.9. The molecule has 1 unspecified atom stereocenters. The maximum atomic E-state index is 13.9. The van der Waals surface area contributed by atoms with Crippen LogP contribution in [-0.4, -0.2) is 40.5 Å². The molecule has 0 bridgehead atoms. The number of rotatable bonds is 6. The van der Waals surface area contributed by atoms with Gasteiger partial charge in [-0.3, -0.25) is 14.2 Å². The summed E-state index contributed by atoms with van der Waals surface area (Å²) < 4.78 is 7.31. The third-order valence-electron chi connectivity index (χ3n) is 6.45. The van der Waals surface area contributed by atoms with E-state index >= 15 is 0 Å². The molecular formula is C25H29N3O3S2. The van der Waals surface area contributed by atoms with E-state index in [2.05, 4.69) is 5.32 Å². The predicted octanol–water partition coefficient (Wildman–Crippen LogP) is 4.41. The molecule has 3 aromatic rings. The first-order chi connectivity index (χ1) is 16.1. The second-order valence-corrected chi connectivity index (χ2v) is 10.8. The van der Waals surface area contributed by atoms with Gasteiger partial charge in [-0.15, -0.1) is 11.3 Å². The van der Waals surface area contributed by atoms with Crippen LogP contribution in [0.5, 0.6) is 0 Å². The van der Waals surface area contributed by atoms with Gasteiger partial charge in [-0.05, 0) is 62.6 Å². The Balaban J connectivity index is 1.50. The standard InChI is InChI=1S/C25H29N3O3S2/c1-16-8-5-6-11-19(16)28-24(30)22-18-10-3-2-4-12-20(18)33-23(22)27-25(28)32-15-21(29)26-14-17-9-7-13-31-17/h5-6,8,11,17H,2-4,7,9-10,12-15H2,1H3,(H,26,29). The molecule has 2 aromatic heterocycles. The molecule has 8 heteroatoms. The fraction of sp³-hybridized carbons (Fsp3) is 0.480. The number of nitrogens with zero attached hydrogens (tertiary/aromatic N) is 2. The Bertz CT molecular complexity index is 1230. The van der Waals surface area contributed by atoms with Gasteiger partial charge in [-0.2, -0.15) is 0 Å². The highest BCUT2D eigenvalue weighted by Crippen LogP contribution is 2.35. The van der Waals surface area contributed by atoms with Crippen molar-refractivity contribution >= 4 is 39.2 Å². The third-order valence-corrected chi connectivity index (χ3v) is 8.57. The van der Waals surface area contributed by atoms with E-state index < -0.39 is 0 Å². The topological polar surface area (TPSA) is 73.2 Å². The molecule has 2 aliphatic rings. The van der Waals surface area contributed by atoms with E-state index in [4.69, 9.17) is 9.72 Å². The van der Waals surface area contributed by atoms with Crippen molar-refractivity contribution in [3.05, 3.63) is 50.6 Å². The van der Waals surface area contributed by atoms with Gasteiger partial charge in [-0.1, -0.05) is 36.4 Å². The van der Waals surface area contributed by atoms with Gasteiger partial charge < -0.3 is 10.1 Å². The Morgan fingerprint density at radius 3 is 2.91 bits per heavy atom. The molecule has 0 radical (unpaired) electrons. The van der Waals surface area contributed by atoms with Gasteiger partial charge in [-0.25, -0.2) is 4.98 Å². The number of hydrogen-bond donors (Lipinski definition) is 1. The van der Waals surface area contributed by atoms with Crippen molar-refractivity contribution in [2.45, 2.75) is 63.1 Å². The van der Waals surface area contributed by atoms with E-state index in [1.165, 1.54) is 28.6 Å². The first-order valence-electron chi connectivity index (χ1n) is 11.8. The number of hydrogen-bond acceptors (Lipinski definition) is 6. The van der Waals surface area contributed by atoms with E-state index in [-0.39, 0.29) is 23.3 Å². The molecular weight excluding hydrogens is 454 g/mol. The lowest BCUT2D eigenvalue weighted by Gasteiger charge is -2.15. The molecule has 1 aliphatic heterocycles. The van der Waals surface area contributed by atoms with E-state index in [1.807, 2.05) is 31.2 Å². The van der Waals surface area contributed by atoms with Gasteiger partial charge in [0.2, 0.25) is 5.91 Å². The second kappa shape index (κ2) is 9.99. The largest absolute Gasteiger partial charge is 0.376 e. The maximum Gasteiger partial charge on any atom is 0.267 e. The lowest BCUT2D eigenvalue weighted by atomic mass is 10.1. The van der Waals surface area contributed by atoms with Gasteiger partial charge in [0.15, 0.2) is 5.16 Å². The number of carbonyl (C=O) groups excluding carboxylic acids is 1. The molecule has 1 amide bonds. The summed E-state index contributed by atoms with van der Waals surface area (Å²) >= 11 is 2.98. The summed E-state index contributed by atoms with van der Waals surface area (Å²) in [7, 11) is 0. The van der Waals surface area contributed by atoms with Crippen molar-refractivity contribution in [1.29, 1.82) is 0 Å². The molecule has 0 spiro atoms. The number of ether oxygens (including phenoxy) is 1. The molecule has 3 heterocycles. The zero-order valence-corrected chi connectivity index (χ0v) is 20.5. The predicted molar refractivity (Wildman–Crippen MR) is 134 cm³/mol. The zero-order valence-electron chi connectivity index (χ0n) is 18.9. The minimum atomic E-state index is -0.0665. The van der Waals surface area contributed by atoms with Crippen molar-refractivity contribution in [1.82, 2.24) is 14.9 Å². The lowest BCUT2D eigenvalue weighted by molar-refractivity contribution is -0.119. The molecule has 1 atom stereocenters. The van der Waals surface area contributed by atoms with Crippen LogP contribution < -0.4 is 10.9 Å². The Hall–Kier alpha value is -2.16. The fourth-order valence-electron chi connectivity index (χ4n) is 4.70. The smallest absolute Gasteiger partial charge is 0.267 e. The highest BCUT2D eigenvalue weighted by atomic mass is 32.2. The number of para-hydroxylation sites is 1. The van der Waals surface area contributed by atoms with Crippen molar-refractivity contribution in [3.8, 4) is 5.69 Å². The van der Waals surface area contributed by atoms with Crippen LogP contribution in [0.4, 0.5) is 0 Å². The van der Waals surface area contributed by atoms with E-state index in [0.29, 0.717) is 11.7 Å². The number of aromatic nitrogens is 2. The summed E-state index contributed by atoms with van der Waals surface area (Å²) in [5.74, 6) is 0.143. The van der Waals surface area contributed by atoms with Crippen molar-refractivity contribution in [2.24, 2.45) is 0 Å². The number of thioether (sulfide) groups is 1. The minimum absolute atomic E-state index is 0.0176. The third kappa shape index (κ3) is 4.74. The number of nitrogens with one attached hydrogen (secondary N) is 1. The van der Waals surface area contributed by atoms with Crippen molar-refractivity contribution in [2.75, 3.05) is 18.9 Å². The number of amides is 1. The highest BCUT2D eigenvalue weighted by molar-refractivity contribution is 7.99. The summed E-state index contributed by atoms with van der Waals surface area (Å²) in [6.45, 7) is 3.31. The Morgan fingerprint density at radius 1 is 1.24 bits per heavy atom. The molecule has 1 aliphatic carbocycles.